The van der Waals surface area contributed by atoms with E-state index in [9.17, 15) is 9.90 Å². The van der Waals surface area contributed by atoms with E-state index in [0.29, 0.717) is 15.6 Å². The molecule has 0 radical (unpaired) electrons. The van der Waals surface area contributed by atoms with Crippen molar-refractivity contribution in [3.63, 3.8) is 0 Å². The van der Waals surface area contributed by atoms with Crippen molar-refractivity contribution in [3.05, 3.63) is 29.8 Å². The first-order valence-corrected chi connectivity index (χ1v) is 5.89. The highest BCUT2D eigenvalue weighted by atomic mass is 32.2. The molecule has 0 saturated carbocycles. The Morgan fingerprint density at radius 3 is 3.00 bits per heavy atom. The molecule has 1 N–H and O–H groups in total. The third-order valence-corrected chi connectivity index (χ3v) is 3.26. The second-order valence-corrected chi connectivity index (χ2v) is 4.71. The van der Waals surface area contributed by atoms with E-state index in [4.69, 9.17) is 12.2 Å². The number of phenolic OH excluding ortho intramolecular Hbond substituents is 1. The molecule has 1 aromatic rings. The summed E-state index contributed by atoms with van der Waals surface area (Å²) in [6.45, 7) is 0. The number of hydrogen-bond donors (Lipinski definition) is 1. The summed E-state index contributed by atoms with van der Waals surface area (Å²) in [4.78, 5) is 11.3. The van der Waals surface area contributed by atoms with E-state index in [1.165, 1.54) is 23.0 Å². The van der Waals surface area contributed by atoms with Crippen molar-refractivity contribution in [1.29, 1.82) is 0 Å². The minimum absolute atomic E-state index is 0.119. The molecule has 0 atom stereocenters. The molecule has 1 aliphatic rings. The van der Waals surface area contributed by atoms with Gasteiger partial charge in [-0.2, -0.15) is 10.1 Å². The number of aromatic hydroxyl groups is 1. The molecule has 1 amide bonds. The number of rotatable bonds is 2. The van der Waals surface area contributed by atoms with E-state index in [-0.39, 0.29) is 11.7 Å². The Hall–Kier alpha value is -1.40. The average molecular weight is 252 g/mol. The first kappa shape index (κ1) is 11.1. The van der Waals surface area contributed by atoms with Gasteiger partial charge in [-0.3, -0.25) is 4.79 Å². The van der Waals surface area contributed by atoms with Crippen LogP contribution in [0.3, 0.4) is 0 Å². The van der Waals surface area contributed by atoms with Crippen molar-refractivity contribution in [1.82, 2.24) is 5.01 Å². The molecule has 0 aromatic heterocycles. The predicted octanol–water partition coefficient (Wildman–Crippen LogP) is 1.59. The lowest BCUT2D eigenvalue weighted by atomic mass is 10.2. The van der Waals surface area contributed by atoms with Gasteiger partial charge in [-0.25, -0.2) is 0 Å². The first-order valence-electron chi connectivity index (χ1n) is 4.49. The molecular weight excluding hydrogens is 244 g/mol. The maximum atomic E-state index is 11.3. The highest BCUT2D eigenvalue weighted by molar-refractivity contribution is 8.23. The number of carbonyl (C=O) groups excluding carboxylic acids is 1. The van der Waals surface area contributed by atoms with Crippen LogP contribution in [0, 0.1) is 0 Å². The van der Waals surface area contributed by atoms with E-state index in [1.54, 1.807) is 24.3 Å². The van der Waals surface area contributed by atoms with Crippen molar-refractivity contribution in [2.24, 2.45) is 5.10 Å². The maximum absolute atomic E-state index is 11.3. The summed E-state index contributed by atoms with van der Waals surface area (Å²) in [5.41, 5.74) is 0.715. The first-order chi connectivity index (χ1) is 7.66. The number of amides is 1. The molecular formula is C10H8N2O2S2. The summed E-state index contributed by atoms with van der Waals surface area (Å²) in [7, 11) is 0. The monoisotopic (exact) mass is 252 g/mol. The molecule has 1 aromatic carbocycles. The molecule has 4 nitrogen and oxygen atoms in total. The molecule has 6 heteroatoms. The molecule has 1 fully saturated rings. The third kappa shape index (κ3) is 2.40. The Morgan fingerprint density at radius 1 is 1.56 bits per heavy atom. The lowest BCUT2D eigenvalue weighted by Crippen LogP contribution is -2.22. The van der Waals surface area contributed by atoms with Gasteiger partial charge < -0.3 is 5.11 Å². The second kappa shape index (κ2) is 4.63. The van der Waals surface area contributed by atoms with Crippen LogP contribution in [-0.2, 0) is 4.79 Å². The summed E-state index contributed by atoms with van der Waals surface area (Å²) in [6.07, 6.45) is 1.50. The quantitative estimate of drug-likeness (QED) is 0.641. The van der Waals surface area contributed by atoms with Gasteiger partial charge >= 0.3 is 0 Å². The summed E-state index contributed by atoms with van der Waals surface area (Å²) in [5.74, 6) is 0.385. The van der Waals surface area contributed by atoms with Gasteiger partial charge in [0.15, 0.2) is 4.32 Å². The van der Waals surface area contributed by atoms with E-state index in [0.717, 1.165) is 0 Å². The minimum atomic E-state index is -0.119. The average Bonchev–Trinajstić information content (AvgIpc) is 2.56. The minimum Gasteiger partial charge on any atom is -0.508 e. The van der Waals surface area contributed by atoms with Gasteiger partial charge in [0.25, 0.3) is 5.91 Å². The number of thioether (sulfide) groups is 1. The van der Waals surface area contributed by atoms with Crippen molar-refractivity contribution in [2.75, 3.05) is 5.75 Å². The van der Waals surface area contributed by atoms with Crippen molar-refractivity contribution in [3.8, 4) is 5.75 Å². The van der Waals surface area contributed by atoms with E-state index >= 15 is 0 Å². The fraction of sp³-hybridized carbons (Fsp3) is 0.100. The second-order valence-electron chi connectivity index (χ2n) is 3.10. The molecule has 2 rings (SSSR count). The molecule has 16 heavy (non-hydrogen) atoms. The Kier molecular flexibility index (Phi) is 3.21. The van der Waals surface area contributed by atoms with Crippen LogP contribution in [-0.4, -0.2) is 32.3 Å². The van der Waals surface area contributed by atoms with E-state index < -0.39 is 0 Å². The molecule has 0 unspecified atom stereocenters. The normalized spacial score (nSPS) is 16.4. The largest absolute Gasteiger partial charge is 0.508 e. The van der Waals surface area contributed by atoms with Gasteiger partial charge in [-0.1, -0.05) is 36.1 Å². The number of nitrogens with zero attached hydrogens (tertiary/aromatic N) is 2. The van der Waals surface area contributed by atoms with Crippen LogP contribution in [0.4, 0.5) is 0 Å². The predicted molar refractivity (Wildman–Crippen MR) is 67.6 cm³/mol. The van der Waals surface area contributed by atoms with Gasteiger partial charge in [0, 0.05) is 0 Å². The molecule has 1 heterocycles. The van der Waals surface area contributed by atoms with Crippen molar-refractivity contribution < 1.29 is 9.90 Å². The van der Waals surface area contributed by atoms with Crippen LogP contribution < -0.4 is 0 Å². The fourth-order valence-electron chi connectivity index (χ4n) is 1.19. The molecule has 1 saturated heterocycles. The zero-order valence-corrected chi connectivity index (χ0v) is 9.79. The van der Waals surface area contributed by atoms with Gasteiger partial charge in [0.05, 0.1) is 12.0 Å². The fourth-order valence-corrected chi connectivity index (χ4v) is 2.15. The highest BCUT2D eigenvalue weighted by Gasteiger charge is 2.25. The van der Waals surface area contributed by atoms with E-state index in [2.05, 4.69) is 5.10 Å². The topological polar surface area (TPSA) is 52.9 Å². The van der Waals surface area contributed by atoms with Crippen LogP contribution >= 0.6 is 24.0 Å². The standard InChI is InChI=1S/C10H8N2O2S2/c13-8-3-1-2-7(4-8)5-11-12-9(14)6-16-10(12)15/h1-5,13H,6H2/b11-5+. The molecule has 1 aliphatic heterocycles. The summed E-state index contributed by atoms with van der Waals surface area (Å²) in [6, 6.07) is 6.61. The maximum Gasteiger partial charge on any atom is 0.259 e. The third-order valence-electron chi connectivity index (χ3n) is 1.92. The molecule has 82 valence electrons. The van der Waals surface area contributed by atoms with Crippen LogP contribution in [0.5, 0.6) is 5.75 Å². The number of benzene rings is 1. The van der Waals surface area contributed by atoms with Gasteiger partial charge in [0.1, 0.15) is 5.75 Å². The van der Waals surface area contributed by atoms with Gasteiger partial charge in [-0.15, -0.1) is 0 Å². The number of hydrogen-bond acceptors (Lipinski definition) is 5. The van der Waals surface area contributed by atoms with Gasteiger partial charge in [0.2, 0.25) is 0 Å². The van der Waals surface area contributed by atoms with Gasteiger partial charge in [-0.05, 0) is 17.7 Å². The lowest BCUT2D eigenvalue weighted by Gasteiger charge is -2.06. The molecule has 0 bridgehead atoms. The van der Waals surface area contributed by atoms with Crippen LogP contribution in [0.2, 0.25) is 0 Å². The lowest BCUT2D eigenvalue weighted by molar-refractivity contribution is -0.123. The zero-order chi connectivity index (χ0) is 11.5. The van der Waals surface area contributed by atoms with Crippen LogP contribution in [0.1, 0.15) is 5.56 Å². The SMILES string of the molecule is O=C1CSC(=S)N1/N=C/c1cccc(O)c1. The zero-order valence-electron chi connectivity index (χ0n) is 8.16. The number of phenols is 1. The molecule has 0 spiro atoms. The summed E-state index contributed by atoms with van der Waals surface area (Å²) in [5, 5.41) is 14.4. The summed E-state index contributed by atoms with van der Waals surface area (Å²) >= 11 is 6.26. The van der Waals surface area contributed by atoms with Crippen molar-refractivity contribution in [2.45, 2.75) is 0 Å². The van der Waals surface area contributed by atoms with Crippen molar-refractivity contribution >= 4 is 40.4 Å². The Morgan fingerprint density at radius 2 is 2.38 bits per heavy atom. The number of carbonyl (C=O) groups is 1. The molecule has 0 aliphatic carbocycles. The van der Waals surface area contributed by atoms with Crippen LogP contribution in [0.15, 0.2) is 29.4 Å². The highest BCUT2D eigenvalue weighted by Crippen LogP contribution is 2.19. The van der Waals surface area contributed by atoms with Crippen LogP contribution in [0.25, 0.3) is 0 Å². The van der Waals surface area contributed by atoms with E-state index in [1.807, 2.05) is 0 Å². The Labute approximate surface area is 102 Å². The smallest absolute Gasteiger partial charge is 0.259 e. The Balaban J connectivity index is 2.15. The number of thiocarbonyl (C=S) groups is 1. The Bertz CT molecular complexity index is 458. The summed E-state index contributed by atoms with van der Waals surface area (Å²) < 4.78 is 0.460. The number of hydrazone groups is 1.